The molecule has 20 heterocycles. The van der Waals surface area contributed by atoms with Gasteiger partial charge >= 0.3 is 11.6 Å². The average Bonchev–Trinajstić information content (AvgIpc) is 1.55. The summed E-state index contributed by atoms with van der Waals surface area (Å²) >= 11 is -0.750. The van der Waals surface area contributed by atoms with Crippen molar-refractivity contribution in [3.8, 4) is 0 Å². The minimum absolute atomic E-state index is 0.00312. The van der Waals surface area contributed by atoms with E-state index in [9.17, 15) is 4.79 Å². The lowest BCUT2D eigenvalue weighted by molar-refractivity contribution is -0.292. The summed E-state index contributed by atoms with van der Waals surface area (Å²) < 4.78 is 141. The average molecular weight is 1790 g/mol. The van der Waals surface area contributed by atoms with Gasteiger partial charge < -0.3 is 84.6 Å². The summed E-state index contributed by atoms with van der Waals surface area (Å²) in [5.41, 5.74) is 5.67. The molecule has 2 spiro atoms. The van der Waals surface area contributed by atoms with Crippen molar-refractivity contribution in [2.24, 2.45) is 47.3 Å². The van der Waals surface area contributed by atoms with Gasteiger partial charge in [-0.15, -0.1) is 0 Å². The summed E-state index contributed by atoms with van der Waals surface area (Å²) in [5, 5.41) is 0.299. The lowest BCUT2D eigenvalue weighted by atomic mass is 9.70. The molecular formula is C100H152O22SSi2. The van der Waals surface area contributed by atoms with E-state index in [0.717, 1.165) is 139 Å². The van der Waals surface area contributed by atoms with Crippen molar-refractivity contribution >= 4 is 39.8 Å². The fourth-order valence-electron chi connectivity index (χ4n) is 25.1. The molecule has 20 fully saturated rings. The van der Waals surface area contributed by atoms with Crippen molar-refractivity contribution in [1.29, 1.82) is 0 Å². The van der Waals surface area contributed by atoms with Crippen LogP contribution in [0.25, 0.3) is 0 Å². The van der Waals surface area contributed by atoms with Crippen LogP contribution in [0, 0.1) is 47.3 Å². The van der Waals surface area contributed by atoms with Gasteiger partial charge in [-0.2, -0.15) is 8.42 Å². The van der Waals surface area contributed by atoms with Crippen LogP contribution in [0.15, 0.2) is 78.9 Å². The van der Waals surface area contributed by atoms with Crippen molar-refractivity contribution in [1.82, 2.24) is 0 Å². The Morgan fingerprint density at radius 3 is 1.32 bits per heavy atom. The zero-order valence-electron chi connectivity index (χ0n) is 78.1. The third-order valence-corrected chi connectivity index (χ3v) is 43.4. The van der Waals surface area contributed by atoms with Crippen LogP contribution in [0.5, 0.6) is 0 Å². The van der Waals surface area contributed by atoms with E-state index in [4.69, 9.17) is 93.1 Å². The molecule has 1 aromatic carbocycles. The molecule has 0 amide bonds. The predicted molar refractivity (Wildman–Crippen MR) is 477 cm³/mol. The van der Waals surface area contributed by atoms with Crippen molar-refractivity contribution in [2.45, 2.75) is 468 Å². The third kappa shape index (κ3) is 19.4. The van der Waals surface area contributed by atoms with Gasteiger partial charge in [-0.25, -0.2) is 0 Å². The first-order valence-corrected chi connectivity index (χ1v) is 55.4. The highest BCUT2D eigenvalue weighted by atomic mass is 32.1. The van der Waals surface area contributed by atoms with Crippen molar-refractivity contribution in [3.05, 3.63) is 84.5 Å². The van der Waals surface area contributed by atoms with Gasteiger partial charge in [0.2, 0.25) is 0 Å². The van der Waals surface area contributed by atoms with Crippen LogP contribution in [-0.4, -0.2) is 232 Å². The van der Waals surface area contributed by atoms with E-state index >= 15 is 4.79 Å². The number of carbonyl (C=O) groups is 2. The van der Waals surface area contributed by atoms with Gasteiger partial charge in [0.15, 0.2) is 28.2 Å². The Morgan fingerprint density at radius 2 is 0.840 bits per heavy atom. The number of ether oxygens (including phenoxy) is 16. The molecule has 25 heteroatoms. The first kappa shape index (κ1) is 93.8. The molecule has 21 rings (SSSR count). The lowest BCUT2D eigenvalue weighted by Gasteiger charge is -2.47. The second kappa shape index (κ2) is 37.4. The third-order valence-electron chi connectivity index (χ3n) is 34.4. The van der Waals surface area contributed by atoms with Crippen LogP contribution < -0.4 is 0 Å². The second-order valence-corrected chi connectivity index (χ2v) is 55.1. The van der Waals surface area contributed by atoms with Gasteiger partial charge in [0.05, 0.1) is 110 Å². The molecule has 0 aliphatic carbocycles. The van der Waals surface area contributed by atoms with E-state index in [-0.39, 0.29) is 222 Å². The number of benzene rings is 1. The minimum atomic E-state index is -1.93. The predicted octanol–water partition coefficient (Wildman–Crippen LogP) is 17.5. The fraction of sp³-hybridized carbons (Fsp3) is 0.840. The summed E-state index contributed by atoms with van der Waals surface area (Å²) in [6.07, 6.45) is 15.6. The van der Waals surface area contributed by atoms with Crippen LogP contribution in [0.2, 0.25) is 36.3 Å². The van der Waals surface area contributed by atoms with Gasteiger partial charge in [0.1, 0.15) is 72.6 Å². The monoisotopic (exact) mass is 1790 g/mol. The standard InChI is InChI=1S/C53H78O10Si.C47H74O10Si.O2S/c1-29(28-55-64(9,10)52(6,7)8)22-41-33(5)45-43(59-41)26-42-32(4)30(2)23-35(57-42)16-18-39-31(3)24-37(56-39)20-21-53-27-44-48(62-53)49-50(61-44)51(63-53)47-40(60-49)19-17-36(58-47)25-38(54)46(45)34-14-12-11-13-15-34;1-25(24-49-58(9,10)46(6,7)8)17-37-29(5)34-21-30(48)20-32-12-14-36-41(52-32)45-44-43(54-36)42-40(55-44)23-47(56-42,57-45)16-15-33-19-27(3)35(50-33)13-11-31-18-26(2)28(4)38(51-31)22-39(34)53-37;1-3-2/h11-15,29-30,33,35-37,39-51H,3-4,16-28H2,1-2,5-10H3;25-26,29,31-45H,3-4,11-24H2,1-2,5-10H3;/t29-,30+,33-,35-,36+,37-,39?,40-,41+,42?,43-,44?,45+,46?,47-,48-,49-,50+,51-,53-;25-,26+,29+,31-,32+,33-,34+,35?,36-,37+,38?,39-,40?,41-,42-,43-,44+,45-,47-;/m00./s1. The number of carbonyl (C=O) groups excluding carboxylic acids is 2. The van der Waals surface area contributed by atoms with Gasteiger partial charge in [0.25, 0.3) is 0 Å². The summed E-state index contributed by atoms with van der Waals surface area (Å²) in [7, 11) is -3.81. The molecule has 0 N–H and O–H groups in total. The fourth-order valence-corrected chi connectivity index (χ4v) is 27.3. The van der Waals surface area contributed by atoms with Crippen molar-refractivity contribution in [3.63, 3.8) is 0 Å². The highest BCUT2D eigenvalue weighted by molar-refractivity contribution is 7.51. The molecule has 24 bridgehead atoms. The Morgan fingerprint density at radius 1 is 0.432 bits per heavy atom. The number of hydrogen-bond acceptors (Lipinski definition) is 22. The van der Waals surface area contributed by atoms with Crippen LogP contribution in [0.3, 0.4) is 0 Å². The van der Waals surface area contributed by atoms with Crippen LogP contribution in [0.1, 0.15) is 255 Å². The van der Waals surface area contributed by atoms with E-state index in [2.05, 4.69) is 160 Å². The summed E-state index contributed by atoms with van der Waals surface area (Å²) in [6.45, 7) is 56.5. The maximum absolute atomic E-state index is 15.4. The van der Waals surface area contributed by atoms with Crippen LogP contribution in [-0.2, 0) is 106 Å². The highest BCUT2D eigenvalue weighted by Gasteiger charge is 2.71. The summed E-state index contributed by atoms with van der Waals surface area (Å²) in [5.74, 6) is 0.151. The van der Waals surface area contributed by atoms with Crippen LogP contribution in [0.4, 0.5) is 0 Å². The first-order chi connectivity index (χ1) is 59.3. The molecule has 22 nitrogen and oxygen atoms in total. The lowest BCUT2D eigenvalue weighted by Crippen LogP contribution is -2.61. The van der Waals surface area contributed by atoms with E-state index in [0.29, 0.717) is 75.2 Å². The molecule has 7 unspecified atom stereocenters. The molecular weight excluding hydrogens is 1640 g/mol. The number of ketones is 2. The number of Topliss-reactive ketones (excluding diaryl/α,β-unsaturated/α-hetero) is 2. The van der Waals surface area contributed by atoms with Crippen molar-refractivity contribution < 1.29 is 103 Å². The molecule has 0 radical (unpaired) electrons. The normalized spacial score (nSPS) is 46.5. The zero-order chi connectivity index (χ0) is 88.5. The molecule has 1 aromatic rings. The quantitative estimate of drug-likeness (QED) is 0.148. The number of hydrogen-bond donors (Lipinski definition) is 0. The van der Waals surface area contributed by atoms with Gasteiger partial charge in [0, 0.05) is 82.8 Å². The van der Waals surface area contributed by atoms with E-state index in [1.54, 1.807) is 0 Å². The van der Waals surface area contributed by atoms with Crippen molar-refractivity contribution in [2.75, 3.05) is 13.2 Å². The largest absolute Gasteiger partial charge is 0.417 e. The van der Waals surface area contributed by atoms with Gasteiger partial charge in [-0.05, 0) is 208 Å². The number of rotatable bonds is 11. The maximum Gasteiger partial charge on any atom is 0.335 e. The highest BCUT2D eigenvalue weighted by Crippen LogP contribution is 2.59. The SMILES string of the molecule is C=C1C[C@@H]2CC[C@@]34CC5O[C@H]6[C@@H](O3)[C@H]3O[C@H](CC[C@@H]3O[C@H]6[C@H]5O4)CC(=O)C(c3ccccc3)[C@@H]3[C@@H](C)[C@@H](C[C@H](C)CO[Si](C)(C)C(C)(C)C)O[C@H]3CC3O[C@@H](CCC1O2)C[C@@H](C)C3=C.C=C1C[C@@H]2CC[C@@]34CC5O[C@H]6[C@@H](O3)[C@H]3O[C@H](CC[C@@H]3O[C@H]6[C@H]5O4)CC(=O)C[C@@H]3[C@@H](C)[C@@H](C[C@H](C)CO[Si](C)(C)C(C)(C)C)O[C@H]3CC3O[C@@H](CCC1O2)C[C@@H](C)C3=C.O=S=O. The molecule has 20 aliphatic rings. The molecule has 39 atom stereocenters. The smallest absolute Gasteiger partial charge is 0.335 e. The molecule has 20 saturated heterocycles. The Balaban J connectivity index is 0.000000172. The molecule has 698 valence electrons. The van der Waals surface area contributed by atoms with Gasteiger partial charge in [-0.3, -0.25) is 9.59 Å². The van der Waals surface area contributed by atoms with E-state index < -0.39 is 39.8 Å². The Bertz CT molecular complexity index is 4050. The molecule has 20 aliphatic heterocycles. The first-order valence-electron chi connectivity index (χ1n) is 48.9. The summed E-state index contributed by atoms with van der Waals surface area (Å²) in [6, 6.07) is 10.5. The molecule has 0 saturated carbocycles. The van der Waals surface area contributed by atoms with E-state index in [1.807, 2.05) is 6.07 Å². The molecule has 125 heavy (non-hydrogen) atoms. The zero-order valence-corrected chi connectivity index (χ0v) is 80.9. The minimum Gasteiger partial charge on any atom is -0.417 e. The molecule has 0 aromatic heterocycles. The Kier molecular flexibility index (Phi) is 28.1. The Labute approximate surface area is 751 Å². The Hall–Kier alpha value is -2.95. The number of fused-ring (bicyclic) bond motifs is 12. The van der Waals surface area contributed by atoms with Gasteiger partial charge in [-0.1, -0.05) is 140 Å². The second-order valence-electron chi connectivity index (χ2n) is 45.3. The summed E-state index contributed by atoms with van der Waals surface area (Å²) in [4.78, 5) is 29.7. The van der Waals surface area contributed by atoms with E-state index in [1.165, 1.54) is 11.1 Å². The maximum atomic E-state index is 15.4. The topological polar surface area (TPSA) is 234 Å². The van der Waals surface area contributed by atoms with Crippen LogP contribution >= 0.6 is 0 Å².